The third-order valence-electron chi connectivity index (χ3n) is 2.88. The Morgan fingerprint density at radius 1 is 1.33 bits per heavy atom. The summed E-state index contributed by atoms with van der Waals surface area (Å²) in [4.78, 5) is 0. The van der Waals surface area contributed by atoms with E-state index in [0.717, 1.165) is 12.0 Å². The Morgan fingerprint density at radius 3 is 2.47 bits per heavy atom. The van der Waals surface area contributed by atoms with E-state index in [0.29, 0.717) is 6.54 Å². The maximum Gasteiger partial charge on any atom is 0.214 e. The molecule has 0 aromatic heterocycles. The van der Waals surface area contributed by atoms with Crippen molar-refractivity contribution in [3.8, 4) is 0 Å². The van der Waals surface area contributed by atoms with Crippen molar-refractivity contribution in [2.45, 2.75) is 19.4 Å². The van der Waals surface area contributed by atoms with E-state index in [2.05, 4.69) is 0 Å². The highest BCUT2D eigenvalue weighted by Crippen LogP contribution is 2.35. The number of sulfonamides is 1. The topological polar surface area (TPSA) is 37.4 Å². The van der Waals surface area contributed by atoms with E-state index in [1.165, 1.54) is 0 Å². The fourth-order valence-electron chi connectivity index (χ4n) is 1.87. The Morgan fingerprint density at radius 2 is 2.00 bits per heavy atom. The summed E-state index contributed by atoms with van der Waals surface area (Å²) < 4.78 is 25.0. The molecule has 1 heterocycles. The lowest BCUT2D eigenvalue weighted by molar-refractivity contribution is 0.202. The zero-order valence-corrected chi connectivity index (χ0v) is 9.57. The molecule has 1 aliphatic rings. The second-order valence-electron chi connectivity index (χ2n) is 3.73. The van der Waals surface area contributed by atoms with E-state index in [9.17, 15) is 8.42 Å². The summed E-state index contributed by atoms with van der Waals surface area (Å²) in [6, 6.07) is 9.88. The molecule has 1 aliphatic heterocycles. The molecule has 0 bridgehead atoms. The van der Waals surface area contributed by atoms with Gasteiger partial charge in [0.1, 0.15) is 0 Å². The van der Waals surface area contributed by atoms with Gasteiger partial charge in [-0.25, -0.2) is 8.42 Å². The smallest absolute Gasteiger partial charge is 0.212 e. The molecule has 1 fully saturated rings. The first-order valence-corrected chi connectivity index (χ1v) is 6.80. The highest BCUT2D eigenvalue weighted by molar-refractivity contribution is 7.89. The molecule has 1 saturated heterocycles. The number of nitrogens with zero attached hydrogens (tertiary/aromatic N) is 1. The van der Waals surface area contributed by atoms with E-state index in [-0.39, 0.29) is 11.8 Å². The third-order valence-corrected chi connectivity index (χ3v) is 4.76. The molecule has 4 heteroatoms. The van der Waals surface area contributed by atoms with Crippen molar-refractivity contribution in [1.29, 1.82) is 0 Å². The van der Waals surface area contributed by atoms with Gasteiger partial charge in [0.05, 0.1) is 11.8 Å². The van der Waals surface area contributed by atoms with Gasteiger partial charge in [-0.15, -0.1) is 0 Å². The average molecular weight is 225 g/mol. The molecule has 82 valence electrons. The lowest BCUT2D eigenvalue weighted by Gasteiger charge is -2.39. The van der Waals surface area contributed by atoms with Gasteiger partial charge >= 0.3 is 0 Å². The Hall–Kier alpha value is -0.870. The average Bonchev–Trinajstić information content (AvgIpc) is 2.17. The predicted molar refractivity (Wildman–Crippen MR) is 60.0 cm³/mol. The highest BCUT2D eigenvalue weighted by atomic mass is 32.2. The van der Waals surface area contributed by atoms with Crippen LogP contribution in [0.3, 0.4) is 0 Å². The van der Waals surface area contributed by atoms with Crippen LogP contribution in [0, 0.1) is 0 Å². The molecule has 3 nitrogen and oxygen atoms in total. The SMILES string of the molecule is CCS(=O)(=O)N1CC[C@H]1c1ccccc1. The molecule has 1 aromatic carbocycles. The Balaban J connectivity index is 2.21. The van der Waals surface area contributed by atoms with Crippen LogP contribution < -0.4 is 0 Å². The normalized spacial score (nSPS) is 22.3. The van der Waals surface area contributed by atoms with Crippen molar-refractivity contribution in [2.75, 3.05) is 12.3 Å². The summed E-state index contributed by atoms with van der Waals surface area (Å²) in [5.74, 6) is 0.191. The molecule has 0 spiro atoms. The summed E-state index contributed by atoms with van der Waals surface area (Å²) in [5.41, 5.74) is 1.10. The van der Waals surface area contributed by atoms with Gasteiger partial charge in [-0.3, -0.25) is 0 Å². The molecule has 1 atom stereocenters. The van der Waals surface area contributed by atoms with Crippen molar-refractivity contribution in [3.63, 3.8) is 0 Å². The zero-order chi connectivity index (χ0) is 10.9. The summed E-state index contributed by atoms with van der Waals surface area (Å²) in [5, 5.41) is 0. The largest absolute Gasteiger partial charge is 0.214 e. The zero-order valence-electron chi connectivity index (χ0n) is 8.76. The van der Waals surface area contributed by atoms with E-state index < -0.39 is 10.0 Å². The van der Waals surface area contributed by atoms with Crippen molar-refractivity contribution in [1.82, 2.24) is 4.31 Å². The van der Waals surface area contributed by atoms with E-state index >= 15 is 0 Å². The molecule has 15 heavy (non-hydrogen) atoms. The molecular weight excluding hydrogens is 210 g/mol. The second kappa shape index (κ2) is 3.94. The standard InChI is InChI=1S/C11H15NO2S/c1-2-15(13,14)12-9-8-11(12)10-6-4-3-5-7-10/h3-7,11H,2,8-9H2,1H3/t11-/m0/s1. The van der Waals surface area contributed by atoms with Gasteiger partial charge in [-0.05, 0) is 18.9 Å². The second-order valence-corrected chi connectivity index (χ2v) is 5.94. The van der Waals surface area contributed by atoms with Crippen LogP contribution in [-0.2, 0) is 10.0 Å². The lowest BCUT2D eigenvalue weighted by Crippen LogP contribution is -2.45. The molecule has 0 amide bonds. The number of hydrogen-bond donors (Lipinski definition) is 0. The molecule has 0 aliphatic carbocycles. The van der Waals surface area contributed by atoms with Crippen LogP contribution in [0.5, 0.6) is 0 Å². The van der Waals surface area contributed by atoms with Crippen LogP contribution in [0.4, 0.5) is 0 Å². The summed E-state index contributed by atoms with van der Waals surface area (Å²) >= 11 is 0. The van der Waals surface area contributed by atoms with Crippen LogP contribution in [0.1, 0.15) is 24.9 Å². The minimum atomic E-state index is -3.03. The highest BCUT2D eigenvalue weighted by Gasteiger charge is 2.37. The van der Waals surface area contributed by atoms with Gasteiger partial charge in [0.15, 0.2) is 0 Å². The van der Waals surface area contributed by atoms with Crippen LogP contribution >= 0.6 is 0 Å². The van der Waals surface area contributed by atoms with Crippen molar-refractivity contribution >= 4 is 10.0 Å². The Bertz CT molecular complexity index is 427. The molecule has 0 unspecified atom stereocenters. The van der Waals surface area contributed by atoms with Crippen molar-refractivity contribution in [2.24, 2.45) is 0 Å². The Labute approximate surface area is 90.8 Å². The fraction of sp³-hybridized carbons (Fsp3) is 0.455. The third kappa shape index (κ3) is 1.92. The number of rotatable bonds is 3. The maximum absolute atomic E-state index is 11.7. The fourth-order valence-corrected chi connectivity index (χ4v) is 3.20. The van der Waals surface area contributed by atoms with Gasteiger partial charge < -0.3 is 0 Å². The number of hydrogen-bond acceptors (Lipinski definition) is 2. The van der Waals surface area contributed by atoms with E-state index in [4.69, 9.17) is 0 Å². The van der Waals surface area contributed by atoms with Crippen LogP contribution in [0.2, 0.25) is 0 Å². The minimum absolute atomic E-state index is 0.0659. The molecule has 0 saturated carbocycles. The monoisotopic (exact) mass is 225 g/mol. The number of benzene rings is 1. The first-order chi connectivity index (χ1) is 7.15. The quantitative estimate of drug-likeness (QED) is 0.786. The molecule has 2 rings (SSSR count). The Kier molecular flexibility index (Phi) is 2.80. The maximum atomic E-state index is 11.7. The van der Waals surface area contributed by atoms with Gasteiger partial charge in [0, 0.05) is 6.54 Å². The molecule has 1 aromatic rings. The molecular formula is C11H15NO2S. The molecule has 0 radical (unpaired) electrons. The van der Waals surface area contributed by atoms with Crippen LogP contribution in [0.15, 0.2) is 30.3 Å². The van der Waals surface area contributed by atoms with Gasteiger partial charge in [0.2, 0.25) is 10.0 Å². The molecule has 0 N–H and O–H groups in total. The van der Waals surface area contributed by atoms with Gasteiger partial charge in [-0.2, -0.15) is 4.31 Å². The van der Waals surface area contributed by atoms with Crippen LogP contribution in [0.25, 0.3) is 0 Å². The lowest BCUT2D eigenvalue weighted by atomic mass is 9.98. The van der Waals surface area contributed by atoms with Gasteiger partial charge in [-0.1, -0.05) is 30.3 Å². The van der Waals surface area contributed by atoms with Crippen molar-refractivity contribution < 1.29 is 8.42 Å². The van der Waals surface area contributed by atoms with Crippen molar-refractivity contribution in [3.05, 3.63) is 35.9 Å². The van der Waals surface area contributed by atoms with E-state index in [1.807, 2.05) is 30.3 Å². The van der Waals surface area contributed by atoms with Crippen LogP contribution in [-0.4, -0.2) is 25.0 Å². The summed E-state index contributed by atoms with van der Waals surface area (Å²) in [7, 11) is -3.03. The predicted octanol–water partition coefficient (Wildman–Crippen LogP) is 1.78. The first kappa shape index (κ1) is 10.6. The van der Waals surface area contributed by atoms with E-state index in [1.54, 1.807) is 11.2 Å². The summed E-state index contributed by atoms with van der Waals surface area (Å²) in [6.07, 6.45) is 0.934. The summed E-state index contributed by atoms with van der Waals surface area (Å²) in [6.45, 7) is 2.35. The minimum Gasteiger partial charge on any atom is -0.212 e. The first-order valence-electron chi connectivity index (χ1n) is 5.19. The van der Waals surface area contributed by atoms with Gasteiger partial charge in [0.25, 0.3) is 0 Å².